The van der Waals surface area contributed by atoms with Gasteiger partial charge in [0.1, 0.15) is 18.9 Å². The summed E-state index contributed by atoms with van der Waals surface area (Å²) in [4.78, 5) is 10.7. The minimum absolute atomic E-state index is 0.427. The topological polar surface area (TPSA) is 80.0 Å². The predicted molar refractivity (Wildman–Crippen MR) is 48.2 cm³/mol. The van der Waals surface area contributed by atoms with Crippen LogP contribution in [0.1, 0.15) is 10.4 Å². The van der Waals surface area contributed by atoms with Gasteiger partial charge in [-0.2, -0.15) is 0 Å². The Bertz CT molecular complexity index is 282. The largest absolute Gasteiger partial charge is 0.488 e. The van der Waals surface area contributed by atoms with Crippen molar-refractivity contribution < 1.29 is 15.3 Å². The third kappa shape index (κ3) is 2.76. The van der Waals surface area contributed by atoms with E-state index in [4.69, 9.17) is 10.5 Å². The molecular formula is C9H13N2O2+. The molecular weight excluding hydrogens is 168 g/mol. The Morgan fingerprint density at radius 1 is 1.38 bits per heavy atom. The highest BCUT2D eigenvalue weighted by atomic mass is 16.5. The average Bonchev–Trinajstić information content (AvgIpc) is 2.15. The van der Waals surface area contributed by atoms with E-state index in [1.165, 1.54) is 0 Å². The van der Waals surface area contributed by atoms with Crippen molar-refractivity contribution in [2.24, 2.45) is 5.73 Å². The summed E-state index contributed by atoms with van der Waals surface area (Å²) < 4.78 is 5.28. The molecule has 1 aromatic rings. The van der Waals surface area contributed by atoms with E-state index in [0.717, 1.165) is 12.3 Å². The minimum atomic E-state index is -0.427. The third-order valence-corrected chi connectivity index (χ3v) is 1.55. The number of hydrogen-bond donors (Lipinski definition) is 2. The Morgan fingerprint density at radius 2 is 2.00 bits per heavy atom. The lowest BCUT2D eigenvalue weighted by atomic mass is 10.2. The maximum Gasteiger partial charge on any atom is 0.248 e. The van der Waals surface area contributed by atoms with Crippen molar-refractivity contribution in [3.05, 3.63) is 29.8 Å². The lowest BCUT2D eigenvalue weighted by molar-refractivity contribution is -0.370. The number of nitrogens with two attached hydrogens (primary N) is 1. The van der Waals surface area contributed by atoms with Crippen molar-refractivity contribution in [2.75, 3.05) is 13.2 Å². The molecule has 1 aromatic carbocycles. The van der Waals surface area contributed by atoms with Crippen LogP contribution in [-0.4, -0.2) is 19.1 Å². The van der Waals surface area contributed by atoms with Crippen molar-refractivity contribution in [1.82, 2.24) is 0 Å². The quantitative estimate of drug-likeness (QED) is 0.650. The number of carbonyl (C=O) groups is 1. The van der Waals surface area contributed by atoms with Gasteiger partial charge in [-0.1, -0.05) is 0 Å². The van der Waals surface area contributed by atoms with Crippen molar-refractivity contribution in [2.45, 2.75) is 0 Å². The second kappa shape index (κ2) is 4.47. The van der Waals surface area contributed by atoms with Gasteiger partial charge in [-0.15, -0.1) is 0 Å². The van der Waals surface area contributed by atoms with E-state index in [9.17, 15) is 4.79 Å². The average molecular weight is 181 g/mol. The molecule has 0 atom stereocenters. The Hall–Kier alpha value is -1.55. The monoisotopic (exact) mass is 181 g/mol. The second-order valence-electron chi connectivity index (χ2n) is 2.59. The van der Waals surface area contributed by atoms with Crippen LogP contribution >= 0.6 is 0 Å². The van der Waals surface area contributed by atoms with E-state index in [-0.39, 0.29) is 0 Å². The minimum Gasteiger partial charge on any atom is -0.488 e. The number of ether oxygens (including phenoxy) is 1. The van der Waals surface area contributed by atoms with E-state index < -0.39 is 5.91 Å². The first kappa shape index (κ1) is 9.54. The molecule has 0 unspecified atom stereocenters. The number of primary amides is 1. The Labute approximate surface area is 76.5 Å². The van der Waals surface area contributed by atoms with E-state index in [1.807, 2.05) is 0 Å². The normalized spacial score (nSPS) is 9.62. The van der Waals surface area contributed by atoms with E-state index in [0.29, 0.717) is 12.2 Å². The van der Waals surface area contributed by atoms with Gasteiger partial charge in [0, 0.05) is 5.56 Å². The highest BCUT2D eigenvalue weighted by Gasteiger charge is 1.99. The molecule has 1 amide bonds. The van der Waals surface area contributed by atoms with Crippen LogP contribution in [0.5, 0.6) is 5.75 Å². The summed E-state index contributed by atoms with van der Waals surface area (Å²) in [5, 5.41) is 0. The first-order valence-corrected chi connectivity index (χ1v) is 4.06. The van der Waals surface area contributed by atoms with Gasteiger partial charge in [-0.25, -0.2) is 0 Å². The summed E-state index contributed by atoms with van der Waals surface area (Å²) in [6.45, 7) is 1.30. The van der Waals surface area contributed by atoms with Crippen molar-refractivity contribution in [3.8, 4) is 5.75 Å². The summed E-state index contributed by atoms with van der Waals surface area (Å²) in [7, 11) is 0. The van der Waals surface area contributed by atoms with Gasteiger partial charge in [-0.3, -0.25) is 4.79 Å². The zero-order chi connectivity index (χ0) is 9.68. The van der Waals surface area contributed by atoms with Crippen LogP contribution in [0.4, 0.5) is 0 Å². The fourth-order valence-electron chi connectivity index (χ4n) is 0.905. The van der Waals surface area contributed by atoms with Crippen molar-refractivity contribution in [1.29, 1.82) is 0 Å². The fraction of sp³-hybridized carbons (Fsp3) is 0.222. The number of benzene rings is 1. The van der Waals surface area contributed by atoms with Crippen LogP contribution in [0.2, 0.25) is 0 Å². The van der Waals surface area contributed by atoms with Crippen LogP contribution < -0.4 is 16.2 Å². The molecule has 70 valence electrons. The van der Waals surface area contributed by atoms with Gasteiger partial charge in [0.05, 0.1) is 0 Å². The molecule has 0 radical (unpaired) electrons. The fourth-order valence-corrected chi connectivity index (χ4v) is 0.905. The van der Waals surface area contributed by atoms with E-state index in [1.54, 1.807) is 24.3 Å². The highest BCUT2D eigenvalue weighted by Crippen LogP contribution is 2.11. The van der Waals surface area contributed by atoms with Gasteiger partial charge in [0.15, 0.2) is 0 Å². The lowest BCUT2D eigenvalue weighted by Crippen LogP contribution is -2.52. The highest BCUT2D eigenvalue weighted by molar-refractivity contribution is 5.92. The lowest BCUT2D eigenvalue weighted by Gasteiger charge is -2.02. The SMILES string of the molecule is NC(=O)c1ccc(OCC[NH3+])cc1. The number of rotatable bonds is 4. The zero-order valence-corrected chi connectivity index (χ0v) is 7.32. The molecule has 5 N–H and O–H groups in total. The van der Waals surface area contributed by atoms with Crippen LogP contribution in [0, 0.1) is 0 Å². The van der Waals surface area contributed by atoms with Gasteiger partial charge in [-0.05, 0) is 24.3 Å². The molecule has 0 spiro atoms. The third-order valence-electron chi connectivity index (χ3n) is 1.55. The molecule has 0 aromatic heterocycles. The number of carbonyl (C=O) groups excluding carboxylic acids is 1. The Kier molecular flexibility index (Phi) is 3.28. The summed E-state index contributed by atoms with van der Waals surface area (Å²) >= 11 is 0. The molecule has 0 heterocycles. The predicted octanol–water partition coefficient (Wildman–Crippen LogP) is -0.594. The van der Waals surface area contributed by atoms with E-state index >= 15 is 0 Å². The maximum absolute atomic E-state index is 10.7. The molecule has 4 heteroatoms. The zero-order valence-electron chi connectivity index (χ0n) is 7.32. The molecule has 0 aliphatic carbocycles. The van der Waals surface area contributed by atoms with Crippen LogP contribution in [0.3, 0.4) is 0 Å². The molecule has 0 aliphatic heterocycles. The van der Waals surface area contributed by atoms with Gasteiger partial charge < -0.3 is 16.2 Å². The van der Waals surface area contributed by atoms with Crippen LogP contribution in [0.15, 0.2) is 24.3 Å². The molecule has 0 saturated carbocycles. The molecule has 0 bridgehead atoms. The summed E-state index contributed by atoms with van der Waals surface area (Å²) in [5.41, 5.74) is 9.21. The Morgan fingerprint density at radius 3 is 2.46 bits per heavy atom. The number of amides is 1. The summed E-state index contributed by atoms with van der Waals surface area (Å²) in [6.07, 6.45) is 0. The molecule has 0 fully saturated rings. The molecule has 1 rings (SSSR count). The molecule has 0 aliphatic rings. The summed E-state index contributed by atoms with van der Waals surface area (Å²) in [5.74, 6) is 0.303. The molecule has 4 nitrogen and oxygen atoms in total. The van der Waals surface area contributed by atoms with Gasteiger partial charge >= 0.3 is 0 Å². The first-order valence-electron chi connectivity index (χ1n) is 4.06. The number of quaternary nitrogens is 1. The first-order chi connectivity index (χ1) is 6.24. The summed E-state index contributed by atoms with van der Waals surface area (Å²) in [6, 6.07) is 6.72. The van der Waals surface area contributed by atoms with E-state index in [2.05, 4.69) is 5.73 Å². The maximum atomic E-state index is 10.7. The second-order valence-corrected chi connectivity index (χ2v) is 2.59. The number of hydrogen-bond acceptors (Lipinski definition) is 2. The molecule has 0 saturated heterocycles. The van der Waals surface area contributed by atoms with Crippen molar-refractivity contribution >= 4 is 5.91 Å². The van der Waals surface area contributed by atoms with Crippen LogP contribution in [0.25, 0.3) is 0 Å². The molecule has 13 heavy (non-hydrogen) atoms. The van der Waals surface area contributed by atoms with Gasteiger partial charge in [0.25, 0.3) is 0 Å². The van der Waals surface area contributed by atoms with Crippen LogP contribution in [-0.2, 0) is 0 Å². The smallest absolute Gasteiger partial charge is 0.248 e. The standard InChI is InChI=1S/C9H12N2O2/c10-5-6-13-8-3-1-7(2-4-8)9(11)12/h1-4H,5-6,10H2,(H2,11,12)/p+1. The van der Waals surface area contributed by atoms with Gasteiger partial charge in [0.2, 0.25) is 5.91 Å². The Balaban J connectivity index is 2.64. The van der Waals surface area contributed by atoms with Crippen molar-refractivity contribution in [3.63, 3.8) is 0 Å².